The molecule has 0 radical (unpaired) electrons. The van der Waals surface area contributed by atoms with Gasteiger partial charge in [-0.3, -0.25) is 4.79 Å². The minimum atomic E-state index is -0.245. The number of carbonyl (C=O) groups excluding carboxylic acids is 1. The molecule has 1 heterocycles. The highest BCUT2D eigenvalue weighted by molar-refractivity contribution is 6.02. The van der Waals surface area contributed by atoms with Crippen molar-refractivity contribution in [3.8, 4) is 5.75 Å². The number of ether oxygens (including phenoxy) is 1. The predicted molar refractivity (Wildman–Crippen MR) is 86.9 cm³/mol. The molecule has 0 saturated carbocycles. The Morgan fingerprint density at radius 2 is 1.91 bits per heavy atom. The number of benzene rings is 2. The fraction of sp³-hybridized carbons (Fsp3) is 0.0556. The monoisotopic (exact) mass is 293 g/mol. The number of fused-ring (bicyclic) bond motifs is 1. The maximum Gasteiger partial charge on any atom is 0.248 e. The quantitative estimate of drug-likeness (QED) is 0.737. The molecule has 4 heteroatoms. The van der Waals surface area contributed by atoms with Gasteiger partial charge in [-0.25, -0.2) is 0 Å². The largest absolute Gasteiger partial charge is 0.495 e. The molecule has 0 aliphatic rings. The van der Waals surface area contributed by atoms with E-state index in [4.69, 9.17) is 9.15 Å². The van der Waals surface area contributed by atoms with Crippen molar-refractivity contribution in [2.24, 2.45) is 0 Å². The molecular formula is C18H15NO3. The van der Waals surface area contributed by atoms with E-state index < -0.39 is 0 Å². The third-order valence-corrected chi connectivity index (χ3v) is 3.21. The summed E-state index contributed by atoms with van der Waals surface area (Å²) in [5, 5.41) is 3.78. The molecule has 1 N–H and O–H groups in total. The topological polar surface area (TPSA) is 51.5 Å². The van der Waals surface area contributed by atoms with Gasteiger partial charge in [-0.2, -0.15) is 0 Å². The van der Waals surface area contributed by atoms with Crippen molar-refractivity contribution in [3.63, 3.8) is 0 Å². The van der Waals surface area contributed by atoms with Crippen LogP contribution in [0.4, 0.5) is 5.69 Å². The molecule has 0 spiro atoms. The van der Waals surface area contributed by atoms with Crippen molar-refractivity contribution in [2.75, 3.05) is 12.4 Å². The van der Waals surface area contributed by atoms with Crippen molar-refractivity contribution < 1.29 is 13.9 Å². The Kier molecular flexibility index (Phi) is 3.92. The van der Waals surface area contributed by atoms with E-state index in [2.05, 4.69) is 5.32 Å². The lowest BCUT2D eigenvalue weighted by molar-refractivity contribution is -0.111. The highest BCUT2D eigenvalue weighted by Crippen LogP contribution is 2.23. The van der Waals surface area contributed by atoms with Crippen molar-refractivity contribution in [1.82, 2.24) is 0 Å². The van der Waals surface area contributed by atoms with Gasteiger partial charge >= 0.3 is 0 Å². The molecule has 1 amide bonds. The van der Waals surface area contributed by atoms with Crippen molar-refractivity contribution in [3.05, 3.63) is 66.4 Å². The Labute approximate surface area is 128 Å². The average molecular weight is 293 g/mol. The number of nitrogens with one attached hydrogen (secondary N) is 1. The van der Waals surface area contributed by atoms with E-state index in [9.17, 15) is 4.79 Å². The summed E-state index contributed by atoms with van der Waals surface area (Å²) in [6, 6.07) is 16.9. The fourth-order valence-corrected chi connectivity index (χ4v) is 2.16. The maximum atomic E-state index is 12.0. The molecule has 0 unspecified atom stereocenters. The number of methoxy groups -OCH3 is 1. The van der Waals surface area contributed by atoms with E-state index in [0.29, 0.717) is 17.2 Å². The number of amides is 1. The highest BCUT2D eigenvalue weighted by atomic mass is 16.5. The molecule has 4 nitrogen and oxygen atoms in total. The number of hydrogen-bond donors (Lipinski definition) is 1. The zero-order chi connectivity index (χ0) is 15.4. The zero-order valence-corrected chi connectivity index (χ0v) is 12.1. The first-order chi connectivity index (χ1) is 10.8. The van der Waals surface area contributed by atoms with Crippen LogP contribution in [0.2, 0.25) is 0 Å². The van der Waals surface area contributed by atoms with E-state index in [0.717, 1.165) is 11.0 Å². The summed E-state index contributed by atoms with van der Waals surface area (Å²) < 4.78 is 10.8. The number of para-hydroxylation sites is 3. The Morgan fingerprint density at radius 3 is 2.73 bits per heavy atom. The highest BCUT2D eigenvalue weighted by Gasteiger charge is 2.05. The van der Waals surface area contributed by atoms with Gasteiger partial charge in [0, 0.05) is 11.5 Å². The molecule has 3 aromatic rings. The van der Waals surface area contributed by atoms with Crippen LogP contribution in [0.15, 0.2) is 65.1 Å². The zero-order valence-electron chi connectivity index (χ0n) is 12.1. The van der Waals surface area contributed by atoms with Gasteiger partial charge in [0.1, 0.15) is 17.1 Å². The number of rotatable bonds is 4. The number of hydrogen-bond acceptors (Lipinski definition) is 3. The summed E-state index contributed by atoms with van der Waals surface area (Å²) >= 11 is 0. The number of carbonyl (C=O) groups is 1. The minimum Gasteiger partial charge on any atom is -0.495 e. The predicted octanol–water partition coefficient (Wildman–Crippen LogP) is 4.09. The molecule has 22 heavy (non-hydrogen) atoms. The SMILES string of the molecule is COc1ccccc1NC(=O)/C=C/c1cc2ccccc2o1. The lowest BCUT2D eigenvalue weighted by Gasteiger charge is -2.07. The molecule has 0 aliphatic carbocycles. The second kappa shape index (κ2) is 6.18. The normalized spacial score (nSPS) is 11.0. The minimum absolute atomic E-state index is 0.245. The van der Waals surface area contributed by atoms with E-state index in [1.807, 2.05) is 42.5 Å². The van der Waals surface area contributed by atoms with Crippen molar-refractivity contribution in [1.29, 1.82) is 0 Å². The van der Waals surface area contributed by atoms with Crippen LogP contribution in [-0.4, -0.2) is 13.0 Å². The van der Waals surface area contributed by atoms with Crippen LogP contribution in [0.5, 0.6) is 5.75 Å². The second-order valence-corrected chi connectivity index (χ2v) is 4.71. The number of furan rings is 1. The summed E-state index contributed by atoms with van der Waals surface area (Å²) in [7, 11) is 1.56. The average Bonchev–Trinajstić information content (AvgIpc) is 2.96. The van der Waals surface area contributed by atoms with Crippen LogP contribution in [0.1, 0.15) is 5.76 Å². The Hall–Kier alpha value is -3.01. The van der Waals surface area contributed by atoms with Crippen LogP contribution in [0.3, 0.4) is 0 Å². The molecule has 2 aromatic carbocycles. The molecule has 3 rings (SSSR count). The van der Waals surface area contributed by atoms with E-state index in [-0.39, 0.29) is 5.91 Å². The van der Waals surface area contributed by atoms with Crippen LogP contribution < -0.4 is 10.1 Å². The summed E-state index contributed by atoms with van der Waals surface area (Å²) in [6.45, 7) is 0. The van der Waals surface area contributed by atoms with Gasteiger partial charge in [0.15, 0.2) is 0 Å². The number of anilines is 1. The first-order valence-corrected chi connectivity index (χ1v) is 6.87. The van der Waals surface area contributed by atoms with Gasteiger partial charge in [-0.05, 0) is 30.3 Å². The summed E-state index contributed by atoms with van der Waals surface area (Å²) in [4.78, 5) is 12.0. The molecule has 0 bridgehead atoms. The summed E-state index contributed by atoms with van der Waals surface area (Å²) in [5.74, 6) is 1.01. The standard InChI is InChI=1S/C18H15NO3/c1-21-17-9-5-3-7-15(17)19-18(20)11-10-14-12-13-6-2-4-8-16(13)22-14/h2-12H,1H3,(H,19,20)/b11-10+. The fourth-order valence-electron chi connectivity index (χ4n) is 2.16. The van der Waals surface area contributed by atoms with Crippen LogP contribution in [0.25, 0.3) is 17.0 Å². The molecule has 0 saturated heterocycles. The second-order valence-electron chi connectivity index (χ2n) is 4.71. The third-order valence-electron chi connectivity index (χ3n) is 3.21. The molecular weight excluding hydrogens is 278 g/mol. The maximum absolute atomic E-state index is 12.0. The van der Waals surface area contributed by atoms with Crippen molar-refractivity contribution in [2.45, 2.75) is 0 Å². The first-order valence-electron chi connectivity index (χ1n) is 6.87. The van der Waals surface area contributed by atoms with Crippen LogP contribution >= 0.6 is 0 Å². The van der Waals surface area contributed by atoms with E-state index >= 15 is 0 Å². The smallest absolute Gasteiger partial charge is 0.248 e. The molecule has 0 aliphatic heterocycles. The van der Waals surface area contributed by atoms with Crippen LogP contribution in [0, 0.1) is 0 Å². The summed E-state index contributed by atoms with van der Waals surface area (Å²) in [6.07, 6.45) is 3.08. The Morgan fingerprint density at radius 1 is 1.14 bits per heavy atom. The molecule has 0 fully saturated rings. The van der Waals surface area contributed by atoms with E-state index in [1.165, 1.54) is 6.08 Å². The van der Waals surface area contributed by atoms with Gasteiger partial charge in [-0.1, -0.05) is 30.3 Å². The first kappa shape index (κ1) is 13.9. The molecule has 110 valence electrons. The van der Waals surface area contributed by atoms with Gasteiger partial charge < -0.3 is 14.5 Å². The summed E-state index contributed by atoms with van der Waals surface area (Å²) in [5.41, 5.74) is 1.43. The van der Waals surface area contributed by atoms with Gasteiger partial charge in [0.2, 0.25) is 5.91 Å². The van der Waals surface area contributed by atoms with Crippen molar-refractivity contribution >= 4 is 28.6 Å². The molecule has 1 aromatic heterocycles. The third kappa shape index (κ3) is 3.01. The van der Waals surface area contributed by atoms with Crippen LogP contribution in [-0.2, 0) is 4.79 Å². The Balaban J connectivity index is 1.73. The Bertz CT molecular complexity index is 800. The molecule has 0 atom stereocenters. The lowest BCUT2D eigenvalue weighted by atomic mass is 10.2. The van der Waals surface area contributed by atoms with Gasteiger partial charge in [0.25, 0.3) is 0 Å². The van der Waals surface area contributed by atoms with Gasteiger partial charge in [-0.15, -0.1) is 0 Å². The van der Waals surface area contributed by atoms with E-state index in [1.54, 1.807) is 25.3 Å². The lowest BCUT2D eigenvalue weighted by Crippen LogP contribution is -2.08. The van der Waals surface area contributed by atoms with Gasteiger partial charge in [0.05, 0.1) is 12.8 Å².